The van der Waals surface area contributed by atoms with Gasteiger partial charge in [0.15, 0.2) is 0 Å². The van der Waals surface area contributed by atoms with Crippen LogP contribution < -0.4 is 0 Å². The first kappa shape index (κ1) is 24.5. The van der Waals surface area contributed by atoms with Gasteiger partial charge in [-0.1, -0.05) is 64.2 Å². The van der Waals surface area contributed by atoms with Crippen molar-refractivity contribution in [3.8, 4) is 0 Å². The van der Waals surface area contributed by atoms with E-state index in [1.165, 1.54) is 64.2 Å². The fraction of sp³-hybridized carbons (Fsp3) is 0.900. The third-order valence-electron chi connectivity index (χ3n) is 5.46. The molecule has 0 unspecified atom stereocenters. The number of rotatable bonds is 8. The third-order valence-corrected chi connectivity index (χ3v) is 5.46. The van der Waals surface area contributed by atoms with Crippen LogP contribution in [0.4, 0.5) is 0 Å². The van der Waals surface area contributed by atoms with Crippen molar-refractivity contribution in [2.24, 2.45) is 11.8 Å². The summed E-state index contributed by atoms with van der Waals surface area (Å²) in [6.45, 7) is 0. The van der Waals surface area contributed by atoms with E-state index in [1.54, 1.807) is 0 Å². The molecular formula is C20H36FeO4. The van der Waals surface area contributed by atoms with Crippen LogP contribution in [0, 0.1) is 11.8 Å². The Labute approximate surface area is 163 Å². The third kappa shape index (κ3) is 14.3. The van der Waals surface area contributed by atoms with Crippen molar-refractivity contribution in [3.05, 3.63) is 0 Å². The summed E-state index contributed by atoms with van der Waals surface area (Å²) in [6, 6.07) is 0. The Bertz CT molecular complexity index is 314. The van der Waals surface area contributed by atoms with Crippen molar-refractivity contribution in [3.63, 3.8) is 0 Å². The van der Waals surface area contributed by atoms with Crippen LogP contribution in [0.15, 0.2) is 0 Å². The maximum Gasteiger partial charge on any atom is 0.303 e. The first-order valence-electron chi connectivity index (χ1n) is 10.0. The van der Waals surface area contributed by atoms with Gasteiger partial charge in [-0.25, -0.2) is 0 Å². The van der Waals surface area contributed by atoms with Crippen LogP contribution >= 0.6 is 0 Å². The molecule has 2 saturated carbocycles. The van der Waals surface area contributed by atoms with Gasteiger partial charge in [-0.3, -0.25) is 9.59 Å². The molecule has 0 radical (unpaired) electrons. The predicted octanol–water partition coefficient (Wildman–Crippen LogP) is 5.64. The molecule has 0 amide bonds. The van der Waals surface area contributed by atoms with Gasteiger partial charge in [0.25, 0.3) is 0 Å². The molecule has 2 aliphatic rings. The summed E-state index contributed by atoms with van der Waals surface area (Å²) in [5, 5.41) is 16.9. The molecule has 0 aromatic carbocycles. The molecule has 148 valence electrons. The molecule has 4 nitrogen and oxygen atoms in total. The summed E-state index contributed by atoms with van der Waals surface area (Å²) in [4.78, 5) is 20.5. The summed E-state index contributed by atoms with van der Waals surface area (Å²) in [5.41, 5.74) is 0. The molecular weight excluding hydrogens is 360 g/mol. The van der Waals surface area contributed by atoms with E-state index < -0.39 is 11.9 Å². The molecule has 5 heteroatoms. The minimum atomic E-state index is -0.647. The molecule has 0 bridgehead atoms. The largest absolute Gasteiger partial charge is 0.481 e. The molecule has 2 rings (SSSR count). The van der Waals surface area contributed by atoms with E-state index in [9.17, 15) is 9.59 Å². The van der Waals surface area contributed by atoms with Gasteiger partial charge in [0, 0.05) is 29.9 Å². The van der Waals surface area contributed by atoms with E-state index in [-0.39, 0.29) is 17.1 Å². The summed E-state index contributed by atoms with van der Waals surface area (Å²) >= 11 is 0. The van der Waals surface area contributed by atoms with E-state index in [1.807, 2.05) is 0 Å². The van der Waals surface area contributed by atoms with Gasteiger partial charge in [-0.15, -0.1) is 0 Å². The van der Waals surface area contributed by atoms with Gasteiger partial charge < -0.3 is 10.2 Å². The first-order valence-corrected chi connectivity index (χ1v) is 10.0. The molecule has 0 atom stereocenters. The fourth-order valence-electron chi connectivity index (χ4n) is 4.04. The fourth-order valence-corrected chi connectivity index (χ4v) is 4.04. The molecule has 0 spiro atoms. The Morgan fingerprint density at radius 3 is 1.24 bits per heavy atom. The maximum absolute atomic E-state index is 10.2. The average molecular weight is 396 g/mol. The van der Waals surface area contributed by atoms with Crippen LogP contribution in [-0.4, -0.2) is 22.2 Å². The number of carbonyl (C=O) groups is 2. The Balaban J connectivity index is 0.000000443. The van der Waals surface area contributed by atoms with Gasteiger partial charge in [0.1, 0.15) is 0 Å². The molecule has 2 aliphatic carbocycles. The van der Waals surface area contributed by atoms with Gasteiger partial charge in [0.05, 0.1) is 0 Å². The topological polar surface area (TPSA) is 74.6 Å². The van der Waals surface area contributed by atoms with Crippen LogP contribution in [0.5, 0.6) is 0 Å². The maximum atomic E-state index is 10.2. The molecule has 2 fully saturated rings. The second-order valence-corrected chi connectivity index (χ2v) is 7.58. The normalized spacial score (nSPS) is 18.6. The van der Waals surface area contributed by atoms with Crippen LogP contribution in [0.25, 0.3) is 0 Å². The van der Waals surface area contributed by atoms with Gasteiger partial charge in [-0.2, -0.15) is 0 Å². The van der Waals surface area contributed by atoms with Crippen molar-refractivity contribution in [2.45, 2.75) is 103 Å². The minimum absolute atomic E-state index is 0. The molecule has 0 heterocycles. The van der Waals surface area contributed by atoms with E-state index in [0.29, 0.717) is 12.8 Å². The van der Waals surface area contributed by atoms with Crippen LogP contribution in [0.1, 0.15) is 103 Å². The van der Waals surface area contributed by atoms with E-state index in [0.717, 1.165) is 37.5 Å². The molecule has 0 aromatic rings. The zero-order valence-corrected chi connectivity index (χ0v) is 16.6. The summed E-state index contributed by atoms with van der Waals surface area (Å²) in [6.07, 6.45) is 18.3. The van der Waals surface area contributed by atoms with Crippen LogP contribution in [-0.2, 0) is 26.7 Å². The Morgan fingerprint density at radius 2 is 0.960 bits per heavy atom. The van der Waals surface area contributed by atoms with Crippen molar-refractivity contribution in [1.29, 1.82) is 0 Å². The van der Waals surface area contributed by atoms with Gasteiger partial charge in [-0.05, 0) is 37.5 Å². The number of carboxylic acids is 2. The zero-order chi connectivity index (χ0) is 17.6. The SMILES string of the molecule is O=C(O)CCCC1CCCCC1.O=C(O)CCCC1CCCCC1.[Fe]. The standard InChI is InChI=1S/2C10H18O2.Fe/c2*11-10(12)8-4-7-9-5-2-1-3-6-9;/h2*9H,1-8H2,(H,11,12);. The second kappa shape index (κ2) is 15.7. The van der Waals surface area contributed by atoms with E-state index >= 15 is 0 Å². The number of hydrogen-bond donors (Lipinski definition) is 2. The molecule has 0 aliphatic heterocycles. The minimum Gasteiger partial charge on any atom is -0.481 e. The van der Waals surface area contributed by atoms with Crippen LogP contribution in [0.3, 0.4) is 0 Å². The summed E-state index contributed by atoms with van der Waals surface area (Å²) in [5.74, 6) is 0.368. The van der Waals surface area contributed by atoms with Gasteiger partial charge >= 0.3 is 11.9 Å². The van der Waals surface area contributed by atoms with Crippen molar-refractivity contribution in [2.75, 3.05) is 0 Å². The number of hydrogen-bond acceptors (Lipinski definition) is 2. The number of aliphatic carboxylic acids is 2. The average Bonchev–Trinajstić information content (AvgIpc) is 2.57. The Hall–Kier alpha value is -0.541. The Morgan fingerprint density at radius 1 is 0.640 bits per heavy atom. The van der Waals surface area contributed by atoms with Crippen molar-refractivity contribution < 1.29 is 36.9 Å². The molecule has 25 heavy (non-hydrogen) atoms. The molecule has 0 aromatic heterocycles. The van der Waals surface area contributed by atoms with E-state index in [4.69, 9.17) is 10.2 Å². The summed E-state index contributed by atoms with van der Waals surface area (Å²) in [7, 11) is 0. The predicted molar refractivity (Wildman–Crippen MR) is 96.1 cm³/mol. The molecule has 2 N–H and O–H groups in total. The quantitative estimate of drug-likeness (QED) is 0.521. The zero-order valence-electron chi connectivity index (χ0n) is 15.5. The van der Waals surface area contributed by atoms with Gasteiger partial charge in [0.2, 0.25) is 0 Å². The van der Waals surface area contributed by atoms with E-state index in [2.05, 4.69) is 0 Å². The monoisotopic (exact) mass is 396 g/mol. The first-order chi connectivity index (χ1) is 11.6. The van der Waals surface area contributed by atoms with Crippen LogP contribution in [0.2, 0.25) is 0 Å². The molecule has 0 saturated heterocycles. The smallest absolute Gasteiger partial charge is 0.303 e. The Kier molecular flexibility index (Phi) is 15.4. The summed E-state index contributed by atoms with van der Waals surface area (Å²) < 4.78 is 0. The second-order valence-electron chi connectivity index (χ2n) is 7.58. The number of carboxylic acid groups (broad SMARTS) is 2. The van der Waals surface area contributed by atoms with Crippen molar-refractivity contribution >= 4 is 11.9 Å². The van der Waals surface area contributed by atoms with Crippen molar-refractivity contribution in [1.82, 2.24) is 0 Å².